The fraction of sp³-hybridized carbons (Fsp3) is 0.304. The van der Waals surface area contributed by atoms with Crippen LogP contribution in [-0.2, 0) is 16.6 Å². The van der Waals surface area contributed by atoms with Crippen molar-refractivity contribution in [2.24, 2.45) is 0 Å². The van der Waals surface area contributed by atoms with Crippen LogP contribution in [0.15, 0.2) is 58.4 Å². The molecule has 34 heavy (non-hydrogen) atoms. The molecule has 0 saturated carbocycles. The number of H-pyrrole nitrogens is 1. The van der Waals surface area contributed by atoms with Crippen LogP contribution >= 0.6 is 0 Å². The van der Waals surface area contributed by atoms with Crippen molar-refractivity contribution < 1.29 is 8.42 Å². The molecule has 1 fully saturated rings. The molecule has 1 aromatic carbocycles. The molecule has 176 valence electrons. The lowest BCUT2D eigenvalue weighted by atomic mass is 10.2. The number of sulfonamides is 1. The van der Waals surface area contributed by atoms with Gasteiger partial charge in [0.05, 0.1) is 22.8 Å². The number of nitrogens with zero attached hydrogens (tertiary/aromatic N) is 6. The minimum Gasteiger partial charge on any atom is -0.306 e. The van der Waals surface area contributed by atoms with Crippen molar-refractivity contribution in [3.05, 3.63) is 70.4 Å². The highest BCUT2D eigenvalue weighted by Crippen LogP contribution is 2.24. The third-order valence-electron chi connectivity index (χ3n) is 6.11. The minimum absolute atomic E-state index is 0.175. The monoisotopic (exact) mass is 479 g/mol. The van der Waals surface area contributed by atoms with Crippen LogP contribution in [0.25, 0.3) is 22.4 Å². The van der Waals surface area contributed by atoms with Gasteiger partial charge in [0.25, 0.3) is 5.56 Å². The maximum atomic E-state index is 13.2. The van der Waals surface area contributed by atoms with Crippen LogP contribution in [0, 0.1) is 6.92 Å². The van der Waals surface area contributed by atoms with Crippen LogP contribution in [0.1, 0.15) is 11.4 Å². The second-order valence-corrected chi connectivity index (χ2v) is 10.4. The molecule has 4 heterocycles. The van der Waals surface area contributed by atoms with Gasteiger partial charge in [0.1, 0.15) is 11.2 Å². The number of fused-ring (bicyclic) bond motifs is 1. The molecule has 1 aliphatic rings. The Hall–Kier alpha value is -3.41. The highest BCUT2D eigenvalue weighted by molar-refractivity contribution is 7.89. The van der Waals surface area contributed by atoms with Crippen LogP contribution in [0.3, 0.4) is 0 Å². The first-order valence-electron chi connectivity index (χ1n) is 11.0. The van der Waals surface area contributed by atoms with Gasteiger partial charge in [-0.1, -0.05) is 18.2 Å². The van der Waals surface area contributed by atoms with Crippen LogP contribution in [0.4, 0.5) is 0 Å². The normalized spacial score (nSPS) is 15.7. The van der Waals surface area contributed by atoms with E-state index >= 15 is 0 Å². The summed E-state index contributed by atoms with van der Waals surface area (Å²) in [5.74, 6) is 0.274. The molecule has 0 aliphatic carbocycles. The van der Waals surface area contributed by atoms with Gasteiger partial charge in [0.15, 0.2) is 5.65 Å². The highest BCUT2D eigenvalue weighted by Gasteiger charge is 2.28. The van der Waals surface area contributed by atoms with E-state index in [9.17, 15) is 13.2 Å². The summed E-state index contributed by atoms with van der Waals surface area (Å²) in [5, 5.41) is 4.92. The van der Waals surface area contributed by atoms with Gasteiger partial charge in [0, 0.05) is 37.9 Å². The van der Waals surface area contributed by atoms with Gasteiger partial charge < -0.3 is 9.88 Å². The average Bonchev–Trinajstić information content (AvgIpc) is 3.15. The summed E-state index contributed by atoms with van der Waals surface area (Å²) in [6, 6.07) is 12.1. The van der Waals surface area contributed by atoms with E-state index in [4.69, 9.17) is 0 Å². The number of aromatic amines is 1. The SMILES string of the molecule is Cc1c2c(=O)[nH]c(-c3cccc(S(=O)(=O)N4CCN(C)CC4)c3)nc2nn1Cc1ccccn1. The molecule has 5 rings (SSSR count). The summed E-state index contributed by atoms with van der Waals surface area (Å²) in [6.45, 7) is 4.48. The highest BCUT2D eigenvalue weighted by atomic mass is 32.2. The van der Waals surface area contributed by atoms with Crippen LogP contribution in [-0.4, -0.2) is 75.6 Å². The standard InChI is InChI=1S/C23H25N7O3S/c1-16-20-22(27-30(16)15-18-7-3-4-9-24-18)25-21(26-23(20)31)17-6-5-8-19(14-17)34(32,33)29-12-10-28(2)11-13-29/h3-9,14H,10-13,15H2,1-2H3,(H,25,26,27,31). The zero-order valence-corrected chi connectivity index (χ0v) is 19.8. The lowest BCUT2D eigenvalue weighted by Gasteiger charge is -2.31. The lowest BCUT2D eigenvalue weighted by molar-refractivity contribution is 0.222. The van der Waals surface area contributed by atoms with E-state index in [0.717, 1.165) is 5.69 Å². The van der Waals surface area contributed by atoms with Crippen LogP contribution in [0.5, 0.6) is 0 Å². The number of benzene rings is 1. The second kappa shape index (κ2) is 8.75. The Balaban J connectivity index is 1.51. The Kier molecular flexibility index (Phi) is 5.76. The summed E-state index contributed by atoms with van der Waals surface area (Å²) >= 11 is 0. The lowest BCUT2D eigenvalue weighted by Crippen LogP contribution is -2.47. The summed E-state index contributed by atoms with van der Waals surface area (Å²) in [4.78, 5) is 26.9. The molecular weight excluding hydrogens is 454 g/mol. The fourth-order valence-electron chi connectivity index (χ4n) is 4.10. The fourth-order valence-corrected chi connectivity index (χ4v) is 5.56. The first kappa shape index (κ1) is 22.4. The number of pyridine rings is 1. The Morgan fingerprint density at radius 1 is 1.06 bits per heavy atom. The van der Waals surface area contributed by atoms with Gasteiger partial charge in [-0.05, 0) is 38.2 Å². The van der Waals surface area contributed by atoms with E-state index in [1.807, 2.05) is 32.2 Å². The summed E-state index contributed by atoms with van der Waals surface area (Å²) in [7, 11) is -1.67. The molecule has 3 aromatic heterocycles. The molecule has 10 nitrogen and oxygen atoms in total. The van der Waals surface area contributed by atoms with Crippen molar-refractivity contribution in [3.8, 4) is 11.4 Å². The second-order valence-electron chi connectivity index (χ2n) is 8.41. The number of nitrogens with one attached hydrogen (secondary N) is 1. The van der Waals surface area contributed by atoms with Crippen molar-refractivity contribution in [1.82, 2.24) is 33.9 Å². The van der Waals surface area contributed by atoms with E-state index < -0.39 is 10.0 Å². The summed E-state index contributed by atoms with van der Waals surface area (Å²) < 4.78 is 29.5. The predicted octanol–water partition coefficient (Wildman–Crippen LogP) is 1.47. The number of rotatable bonds is 5. The first-order valence-corrected chi connectivity index (χ1v) is 12.4. The van der Waals surface area contributed by atoms with E-state index in [1.165, 1.54) is 4.31 Å². The number of likely N-dealkylation sites (N-methyl/N-ethyl adjacent to an activating group) is 1. The van der Waals surface area contributed by atoms with Crippen molar-refractivity contribution in [2.45, 2.75) is 18.4 Å². The zero-order valence-electron chi connectivity index (χ0n) is 19.0. The largest absolute Gasteiger partial charge is 0.306 e. The van der Waals surface area contributed by atoms with Gasteiger partial charge in [0.2, 0.25) is 10.0 Å². The van der Waals surface area contributed by atoms with Gasteiger partial charge in [-0.25, -0.2) is 13.4 Å². The zero-order chi connectivity index (χ0) is 23.9. The molecule has 1 N–H and O–H groups in total. The van der Waals surface area contributed by atoms with E-state index in [2.05, 4.69) is 25.0 Å². The predicted molar refractivity (Wildman–Crippen MR) is 128 cm³/mol. The molecule has 4 aromatic rings. The Bertz CT molecular complexity index is 1500. The Morgan fingerprint density at radius 2 is 1.85 bits per heavy atom. The van der Waals surface area contributed by atoms with Crippen molar-refractivity contribution in [3.63, 3.8) is 0 Å². The topological polar surface area (TPSA) is 117 Å². The Morgan fingerprint density at radius 3 is 2.59 bits per heavy atom. The van der Waals surface area contributed by atoms with Crippen molar-refractivity contribution >= 4 is 21.1 Å². The van der Waals surface area contributed by atoms with Gasteiger partial charge in [-0.2, -0.15) is 9.40 Å². The molecule has 0 spiro atoms. The molecular formula is C23H25N7O3S. The molecule has 0 unspecified atom stereocenters. The third-order valence-corrected chi connectivity index (χ3v) is 8.00. The number of hydrogen-bond acceptors (Lipinski definition) is 7. The molecule has 11 heteroatoms. The van der Waals surface area contributed by atoms with E-state index in [0.29, 0.717) is 55.0 Å². The molecule has 1 aliphatic heterocycles. The average molecular weight is 480 g/mol. The first-order chi connectivity index (χ1) is 16.3. The summed E-state index contributed by atoms with van der Waals surface area (Å²) in [6.07, 6.45) is 1.71. The maximum Gasteiger partial charge on any atom is 0.262 e. The van der Waals surface area contributed by atoms with Crippen LogP contribution in [0.2, 0.25) is 0 Å². The molecule has 0 radical (unpaired) electrons. The third kappa shape index (κ3) is 4.13. The maximum absolute atomic E-state index is 13.2. The number of piperazine rings is 1. The minimum atomic E-state index is -3.65. The summed E-state index contributed by atoms with van der Waals surface area (Å²) in [5.41, 5.74) is 1.99. The smallest absolute Gasteiger partial charge is 0.262 e. The van der Waals surface area contributed by atoms with Gasteiger partial charge in [-0.15, -0.1) is 0 Å². The van der Waals surface area contributed by atoms with Crippen molar-refractivity contribution in [1.29, 1.82) is 0 Å². The van der Waals surface area contributed by atoms with Gasteiger partial charge in [-0.3, -0.25) is 14.5 Å². The quantitative estimate of drug-likeness (QED) is 0.461. The van der Waals surface area contributed by atoms with Crippen molar-refractivity contribution in [2.75, 3.05) is 33.2 Å². The molecule has 0 atom stereocenters. The number of aryl methyl sites for hydroxylation is 1. The molecule has 1 saturated heterocycles. The Labute approximate surface area is 196 Å². The van der Waals surface area contributed by atoms with Gasteiger partial charge >= 0.3 is 0 Å². The van der Waals surface area contributed by atoms with E-state index in [-0.39, 0.29) is 16.3 Å². The molecule has 0 amide bonds. The van der Waals surface area contributed by atoms with E-state index in [1.54, 1.807) is 35.1 Å². The van der Waals surface area contributed by atoms with Crippen LogP contribution < -0.4 is 5.56 Å². The number of aromatic nitrogens is 5. The molecule has 0 bridgehead atoms. The number of hydrogen-bond donors (Lipinski definition) is 1.